The minimum atomic E-state index is -5.12. The van der Waals surface area contributed by atoms with E-state index in [4.69, 9.17) is 0 Å². The van der Waals surface area contributed by atoms with Gasteiger partial charge in [0.15, 0.2) is 17.4 Å². The topological polar surface area (TPSA) is 103 Å². The first-order chi connectivity index (χ1) is 15.1. The number of halogens is 3. The molecule has 4 rings (SSSR count). The van der Waals surface area contributed by atoms with Crippen LogP contribution < -0.4 is 21.5 Å². The van der Waals surface area contributed by atoms with Crippen molar-refractivity contribution in [2.24, 2.45) is 14.1 Å². The van der Waals surface area contributed by atoms with Crippen molar-refractivity contribution in [3.8, 4) is 5.69 Å². The van der Waals surface area contributed by atoms with Crippen molar-refractivity contribution in [1.82, 2.24) is 24.0 Å². The molecule has 0 saturated carbocycles. The number of imidazole rings is 1. The zero-order chi connectivity index (χ0) is 23.2. The summed E-state index contributed by atoms with van der Waals surface area (Å²) in [5.41, 5.74) is -0.300. The van der Waals surface area contributed by atoms with E-state index in [9.17, 15) is 27.6 Å². The molecule has 3 heterocycles. The molecule has 1 aromatic carbocycles. The van der Waals surface area contributed by atoms with Gasteiger partial charge in [0.25, 0.3) is 5.56 Å². The highest BCUT2D eigenvalue weighted by molar-refractivity contribution is 5.78. The van der Waals surface area contributed by atoms with Crippen molar-refractivity contribution in [3.63, 3.8) is 0 Å². The Kier molecular flexibility index (Phi) is 5.28. The van der Waals surface area contributed by atoms with Crippen LogP contribution in [0, 0.1) is 0 Å². The number of alkyl halides is 3. The van der Waals surface area contributed by atoms with Crippen LogP contribution in [0.1, 0.15) is 0 Å². The summed E-state index contributed by atoms with van der Waals surface area (Å²) < 4.78 is 46.1. The predicted molar refractivity (Wildman–Crippen MR) is 108 cm³/mol. The smallest absolute Gasteiger partial charge is 0.438 e. The van der Waals surface area contributed by atoms with Crippen LogP contribution in [0.4, 0.5) is 19.1 Å². The first kappa shape index (κ1) is 21.6. The summed E-state index contributed by atoms with van der Waals surface area (Å²) in [7, 11) is 2.82. The molecule has 3 aromatic rings. The Balaban J connectivity index is 1.85. The first-order valence-electron chi connectivity index (χ1n) is 9.59. The molecule has 1 aliphatic heterocycles. The van der Waals surface area contributed by atoms with Gasteiger partial charge in [-0.3, -0.25) is 23.8 Å². The van der Waals surface area contributed by atoms with Gasteiger partial charge < -0.3 is 9.64 Å². The van der Waals surface area contributed by atoms with Gasteiger partial charge in [0, 0.05) is 32.9 Å². The number of aryl methyl sites for hydroxylation is 1. The van der Waals surface area contributed by atoms with Crippen LogP contribution in [0.15, 0.2) is 39.9 Å². The zero-order valence-corrected chi connectivity index (χ0v) is 17.1. The number of rotatable bonds is 3. The second-order valence-electron chi connectivity index (χ2n) is 7.25. The minimum absolute atomic E-state index is 0.124. The Morgan fingerprint density at radius 3 is 2.50 bits per heavy atom. The van der Waals surface area contributed by atoms with E-state index in [1.165, 1.54) is 18.7 Å². The lowest BCUT2D eigenvalue weighted by Gasteiger charge is -2.34. The molecule has 170 valence electrons. The van der Waals surface area contributed by atoms with Gasteiger partial charge in [-0.1, -0.05) is 18.2 Å². The zero-order valence-electron chi connectivity index (χ0n) is 17.1. The van der Waals surface area contributed by atoms with E-state index in [0.717, 1.165) is 4.57 Å². The number of aromatic nitrogens is 4. The molecule has 0 spiro atoms. The fraction of sp³-hybridized carbons (Fsp3) is 0.368. The number of nitrogens with one attached hydrogen (secondary N) is 1. The predicted octanol–water partition coefficient (Wildman–Crippen LogP) is 0.264. The van der Waals surface area contributed by atoms with Crippen molar-refractivity contribution < 1.29 is 22.7 Å². The minimum Gasteiger partial charge on any atom is -0.438 e. The van der Waals surface area contributed by atoms with E-state index < -0.39 is 29.6 Å². The molecule has 0 bridgehead atoms. The molecule has 2 aromatic heterocycles. The highest BCUT2D eigenvalue weighted by atomic mass is 19.4. The quantitative estimate of drug-likeness (QED) is 0.569. The molecule has 0 radical (unpaired) electrons. The number of ether oxygens (including phenoxy) is 1. The number of fused-ring (bicyclic) bond motifs is 1. The van der Waals surface area contributed by atoms with Crippen molar-refractivity contribution in [2.45, 2.75) is 12.4 Å². The average molecular weight is 452 g/mol. The molecule has 1 saturated heterocycles. The number of benzene rings is 1. The van der Waals surface area contributed by atoms with Gasteiger partial charge in [-0.15, -0.1) is 0 Å². The number of anilines is 1. The molecule has 1 N–H and O–H groups in total. The van der Waals surface area contributed by atoms with Crippen molar-refractivity contribution in [3.05, 3.63) is 51.2 Å². The van der Waals surface area contributed by atoms with E-state index in [0.29, 0.717) is 12.2 Å². The Hall–Kier alpha value is -3.61. The van der Waals surface area contributed by atoms with Gasteiger partial charge in [-0.2, -0.15) is 18.2 Å². The summed E-state index contributed by atoms with van der Waals surface area (Å²) in [6.45, 7) is 0.363. The lowest BCUT2D eigenvalue weighted by atomic mass is 10.3. The van der Waals surface area contributed by atoms with Crippen LogP contribution in [0.3, 0.4) is 0 Å². The number of hydrogen-bond donors (Lipinski definition) is 1. The maximum absolute atomic E-state index is 13.0. The van der Waals surface area contributed by atoms with Gasteiger partial charge in [0.2, 0.25) is 5.95 Å². The third kappa shape index (κ3) is 3.64. The van der Waals surface area contributed by atoms with Crippen LogP contribution >= 0.6 is 0 Å². The highest BCUT2D eigenvalue weighted by Crippen LogP contribution is 2.26. The van der Waals surface area contributed by atoms with Gasteiger partial charge in [0.1, 0.15) is 0 Å². The molecule has 0 amide bonds. The molecule has 1 unspecified atom stereocenters. The van der Waals surface area contributed by atoms with Crippen LogP contribution in [-0.2, 0) is 23.6 Å². The van der Waals surface area contributed by atoms with E-state index in [1.54, 1.807) is 39.8 Å². The third-order valence-electron chi connectivity index (χ3n) is 5.16. The van der Waals surface area contributed by atoms with Gasteiger partial charge in [0.05, 0.1) is 6.54 Å². The van der Waals surface area contributed by atoms with Gasteiger partial charge in [-0.05, 0) is 12.1 Å². The third-order valence-corrected chi connectivity index (χ3v) is 5.16. The standard InChI is InChI=1S/C19H19F3N6O4/c1-25-14-13(15(29)26(2)18(25)31)28(11-6-4-3-5-7-11)17(24-14)27-9-8-23-12(10-27)32-16(30)19(20,21)22/h3-7,12,23H,8-10H2,1-2H3. The highest BCUT2D eigenvalue weighted by Gasteiger charge is 2.43. The molecule has 32 heavy (non-hydrogen) atoms. The van der Waals surface area contributed by atoms with Crippen LogP contribution in [0.25, 0.3) is 16.9 Å². The molecular formula is C19H19F3N6O4. The molecule has 0 aliphatic carbocycles. The number of nitrogens with zero attached hydrogens (tertiary/aromatic N) is 5. The number of esters is 1. The van der Waals surface area contributed by atoms with Crippen LogP contribution in [0.2, 0.25) is 0 Å². The normalized spacial score (nSPS) is 17.0. The second kappa shape index (κ2) is 7.82. The molecule has 1 fully saturated rings. The maximum Gasteiger partial charge on any atom is 0.490 e. The number of carbonyl (C=O) groups excluding carboxylic acids is 1. The lowest BCUT2D eigenvalue weighted by Crippen LogP contribution is -2.54. The van der Waals surface area contributed by atoms with Crippen molar-refractivity contribution in [1.29, 1.82) is 0 Å². The van der Waals surface area contributed by atoms with Crippen LogP contribution in [-0.4, -0.2) is 56.7 Å². The summed E-state index contributed by atoms with van der Waals surface area (Å²) in [6.07, 6.45) is -6.36. The summed E-state index contributed by atoms with van der Waals surface area (Å²) in [5.74, 6) is -2.07. The molecule has 1 atom stereocenters. The summed E-state index contributed by atoms with van der Waals surface area (Å²) >= 11 is 0. The van der Waals surface area contributed by atoms with Crippen molar-refractivity contribution in [2.75, 3.05) is 24.5 Å². The van der Waals surface area contributed by atoms with Gasteiger partial charge in [-0.25, -0.2) is 9.59 Å². The second-order valence-corrected chi connectivity index (χ2v) is 7.25. The monoisotopic (exact) mass is 452 g/mol. The summed E-state index contributed by atoms with van der Waals surface area (Å²) in [6, 6.07) is 8.76. The Bertz CT molecular complexity index is 1290. The van der Waals surface area contributed by atoms with Crippen LogP contribution in [0.5, 0.6) is 0 Å². The fourth-order valence-corrected chi connectivity index (χ4v) is 3.59. The molecule has 1 aliphatic rings. The molecule has 13 heteroatoms. The van der Waals surface area contributed by atoms with Crippen molar-refractivity contribution >= 4 is 23.1 Å². The number of piperazine rings is 1. The Labute approximate surface area is 178 Å². The maximum atomic E-state index is 13.0. The number of para-hydroxylation sites is 1. The first-order valence-corrected chi connectivity index (χ1v) is 9.59. The van der Waals surface area contributed by atoms with E-state index in [-0.39, 0.29) is 30.2 Å². The number of hydrogen-bond acceptors (Lipinski definition) is 7. The average Bonchev–Trinajstić information content (AvgIpc) is 3.17. The van der Waals surface area contributed by atoms with Gasteiger partial charge >= 0.3 is 17.8 Å². The summed E-state index contributed by atoms with van der Waals surface area (Å²) in [4.78, 5) is 42.7. The fourth-order valence-electron chi connectivity index (χ4n) is 3.59. The lowest BCUT2D eigenvalue weighted by molar-refractivity contribution is -0.206. The molecular weight excluding hydrogens is 433 g/mol. The van der Waals surface area contributed by atoms with E-state index >= 15 is 0 Å². The van der Waals surface area contributed by atoms with E-state index in [1.807, 2.05) is 0 Å². The Morgan fingerprint density at radius 2 is 1.84 bits per heavy atom. The largest absolute Gasteiger partial charge is 0.490 e. The number of carbonyl (C=O) groups is 1. The summed E-state index contributed by atoms with van der Waals surface area (Å²) in [5, 5.41) is 2.71. The molecule has 10 nitrogen and oxygen atoms in total. The Morgan fingerprint density at radius 1 is 1.16 bits per heavy atom. The SMILES string of the molecule is Cn1c(=O)c2c(nc(N3CCNC(OC(=O)C(F)(F)F)C3)n2-c2ccccc2)n(C)c1=O. The van der Waals surface area contributed by atoms with E-state index in [2.05, 4.69) is 15.0 Å².